The summed E-state index contributed by atoms with van der Waals surface area (Å²) in [5, 5.41) is 3.06. The van der Waals surface area contributed by atoms with Crippen LogP contribution in [0.1, 0.15) is 12.8 Å². The van der Waals surface area contributed by atoms with E-state index in [1.165, 1.54) is 4.90 Å². The Kier molecular flexibility index (Phi) is 6.29. The molecule has 0 heterocycles. The number of benzene rings is 3. The first-order valence-corrected chi connectivity index (χ1v) is 9.43. The number of thioether (sulfide) groups is 1. The molecule has 0 saturated carbocycles. The van der Waals surface area contributed by atoms with Crippen LogP contribution in [0.3, 0.4) is 0 Å². The zero-order chi connectivity index (χ0) is 17.3. The highest BCUT2D eigenvalue weighted by molar-refractivity contribution is 7.99. The molecule has 0 bridgehead atoms. The molecule has 2 nitrogen and oxygen atoms in total. The lowest BCUT2D eigenvalue weighted by molar-refractivity contribution is -0.116. The number of carbonyl (C=O) groups excluding carboxylic acids is 1. The van der Waals surface area contributed by atoms with Crippen molar-refractivity contribution >= 4 is 23.4 Å². The number of nitrogens with one attached hydrogen (secondary N) is 1. The second-order valence-electron chi connectivity index (χ2n) is 5.72. The molecule has 3 aromatic carbocycles. The number of hydrogen-bond acceptors (Lipinski definition) is 2. The van der Waals surface area contributed by atoms with Crippen LogP contribution in [0.4, 0.5) is 5.69 Å². The van der Waals surface area contributed by atoms with E-state index in [4.69, 9.17) is 0 Å². The highest BCUT2D eigenvalue weighted by Gasteiger charge is 2.08. The maximum Gasteiger partial charge on any atom is 0.224 e. The van der Waals surface area contributed by atoms with E-state index in [1.54, 1.807) is 11.8 Å². The van der Waals surface area contributed by atoms with E-state index in [2.05, 4.69) is 29.6 Å². The lowest BCUT2D eigenvalue weighted by Gasteiger charge is -2.11. The Hall–Kier alpha value is -2.52. The molecule has 0 saturated heterocycles. The van der Waals surface area contributed by atoms with Crippen LogP contribution in [-0.2, 0) is 4.79 Å². The summed E-state index contributed by atoms with van der Waals surface area (Å²) in [4.78, 5) is 13.5. The monoisotopic (exact) mass is 347 g/mol. The Labute approximate surface area is 153 Å². The van der Waals surface area contributed by atoms with Crippen molar-refractivity contribution in [2.75, 3.05) is 11.1 Å². The van der Waals surface area contributed by atoms with Crippen LogP contribution in [0.25, 0.3) is 11.1 Å². The van der Waals surface area contributed by atoms with E-state index >= 15 is 0 Å². The zero-order valence-electron chi connectivity index (χ0n) is 14.0. The molecule has 3 rings (SSSR count). The zero-order valence-corrected chi connectivity index (χ0v) is 14.8. The molecule has 3 aromatic rings. The third-order valence-electron chi connectivity index (χ3n) is 3.85. The Morgan fingerprint density at radius 2 is 1.44 bits per heavy atom. The summed E-state index contributed by atoms with van der Waals surface area (Å²) in [7, 11) is 0. The summed E-state index contributed by atoms with van der Waals surface area (Å²) in [5.41, 5.74) is 3.03. The van der Waals surface area contributed by atoms with Crippen molar-refractivity contribution in [1.82, 2.24) is 0 Å². The number of hydrogen-bond donors (Lipinski definition) is 1. The van der Waals surface area contributed by atoms with Crippen LogP contribution >= 0.6 is 11.8 Å². The van der Waals surface area contributed by atoms with Gasteiger partial charge in [0.1, 0.15) is 0 Å². The van der Waals surface area contributed by atoms with Gasteiger partial charge in [0, 0.05) is 22.6 Å². The molecule has 126 valence electrons. The lowest BCUT2D eigenvalue weighted by atomic mass is 10.0. The molecule has 0 unspecified atom stereocenters. The van der Waals surface area contributed by atoms with Crippen LogP contribution < -0.4 is 5.32 Å². The molecule has 25 heavy (non-hydrogen) atoms. The first kappa shape index (κ1) is 17.3. The van der Waals surface area contributed by atoms with E-state index in [-0.39, 0.29) is 5.91 Å². The molecule has 1 N–H and O–H groups in total. The normalized spacial score (nSPS) is 10.4. The maximum atomic E-state index is 12.3. The Balaban J connectivity index is 1.53. The second-order valence-corrected chi connectivity index (χ2v) is 6.89. The molecule has 3 heteroatoms. The topological polar surface area (TPSA) is 29.1 Å². The van der Waals surface area contributed by atoms with Gasteiger partial charge in [0.05, 0.1) is 0 Å². The van der Waals surface area contributed by atoms with Gasteiger partial charge in [-0.1, -0.05) is 66.7 Å². The van der Waals surface area contributed by atoms with Gasteiger partial charge >= 0.3 is 0 Å². The van der Waals surface area contributed by atoms with Gasteiger partial charge in [-0.15, -0.1) is 11.8 Å². The maximum absolute atomic E-state index is 12.3. The van der Waals surface area contributed by atoms with Gasteiger partial charge in [0.15, 0.2) is 0 Å². The van der Waals surface area contributed by atoms with Gasteiger partial charge in [0.25, 0.3) is 0 Å². The lowest BCUT2D eigenvalue weighted by Crippen LogP contribution is -2.12. The molecule has 0 aromatic heterocycles. The van der Waals surface area contributed by atoms with Crippen LogP contribution in [0.5, 0.6) is 0 Å². The number of amides is 1. The van der Waals surface area contributed by atoms with Gasteiger partial charge in [-0.25, -0.2) is 0 Å². The van der Waals surface area contributed by atoms with Crippen molar-refractivity contribution in [3.8, 4) is 11.1 Å². The van der Waals surface area contributed by atoms with Crippen LogP contribution in [0.2, 0.25) is 0 Å². The molecule has 0 aliphatic carbocycles. The predicted molar refractivity (Wildman–Crippen MR) is 107 cm³/mol. The molecule has 0 spiro atoms. The van der Waals surface area contributed by atoms with Crippen molar-refractivity contribution in [1.29, 1.82) is 0 Å². The minimum absolute atomic E-state index is 0.0667. The molecule has 0 fully saturated rings. The van der Waals surface area contributed by atoms with E-state index in [0.717, 1.165) is 29.0 Å². The number of anilines is 1. The Morgan fingerprint density at radius 3 is 2.20 bits per heavy atom. The summed E-state index contributed by atoms with van der Waals surface area (Å²) >= 11 is 1.79. The van der Waals surface area contributed by atoms with E-state index in [0.29, 0.717) is 6.42 Å². The summed E-state index contributed by atoms with van der Waals surface area (Å²) < 4.78 is 0. The average molecular weight is 347 g/mol. The highest BCUT2D eigenvalue weighted by atomic mass is 32.2. The third kappa shape index (κ3) is 5.23. The highest BCUT2D eigenvalue weighted by Crippen LogP contribution is 2.27. The second kappa shape index (κ2) is 9.09. The molecular weight excluding hydrogens is 326 g/mol. The summed E-state index contributed by atoms with van der Waals surface area (Å²) in [5.74, 6) is 1.01. The largest absolute Gasteiger partial charge is 0.326 e. The minimum atomic E-state index is 0.0667. The summed E-state index contributed by atoms with van der Waals surface area (Å²) in [6.07, 6.45) is 1.39. The number of carbonyl (C=O) groups is 1. The predicted octanol–water partition coefficient (Wildman–Crippen LogP) is 5.86. The van der Waals surface area contributed by atoms with Gasteiger partial charge < -0.3 is 5.32 Å². The Bertz CT molecular complexity index is 803. The molecule has 0 radical (unpaired) electrons. The van der Waals surface area contributed by atoms with Gasteiger partial charge in [-0.2, -0.15) is 0 Å². The van der Waals surface area contributed by atoms with Crippen molar-refractivity contribution < 1.29 is 4.79 Å². The van der Waals surface area contributed by atoms with Crippen molar-refractivity contribution in [2.24, 2.45) is 0 Å². The SMILES string of the molecule is O=C(CCCSc1ccccc1)Nc1ccccc1-c1ccccc1. The smallest absolute Gasteiger partial charge is 0.224 e. The van der Waals surface area contributed by atoms with Crippen molar-refractivity contribution in [3.63, 3.8) is 0 Å². The van der Waals surface area contributed by atoms with Gasteiger partial charge in [-0.05, 0) is 35.9 Å². The van der Waals surface area contributed by atoms with Gasteiger partial charge in [-0.3, -0.25) is 4.79 Å². The molecular formula is C22H21NOS. The fraction of sp³-hybridized carbons (Fsp3) is 0.136. The van der Waals surface area contributed by atoms with E-state index in [1.807, 2.05) is 60.7 Å². The van der Waals surface area contributed by atoms with Crippen LogP contribution in [-0.4, -0.2) is 11.7 Å². The summed E-state index contributed by atoms with van der Waals surface area (Å²) in [6.45, 7) is 0. The third-order valence-corrected chi connectivity index (χ3v) is 4.94. The van der Waals surface area contributed by atoms with E-state index < -0.39 is 0 Å². The van der Waals surface area contributed by atoms with Crippen molar-refractivity contribution in [2.45, 2.75) is 17.7 Å². The first-order valence-electron chi connectivity index (χ1n) is 8.45. The van der Waals surface area contributed by atoms with Crippen molar-refractivity contribution in [3.05, 3.63) is 84.9 Å². The standard InChI is InChI=1S/C22H21NOS/c24-22(16-9-17-25-19-12-5-2-6-13-19)23-21-15-8-7-14-20(21)18-10-3-1-4-11-18/h1-8,10-15H,9,16-17H2,(H,23,24). The van der Waals surface area contributed by atoms with Crippen LogP contribution in [0, 0.1) is 0 Å². The fourth-order valence-electron chi connectivity index (χ4n) is 2.61. The fourth-order valence-corrected chi connectivity index (χ4v) is 3.49. The average Bonchev–Trinajstić information content (AvgIpc) is 2.67. The quantitative estimate of drug-likeness (QED) is 0.428. The number of para-hydroxylation sites is 1. The minimum Gasteiger partial charge on any atom is -0.326 e. The molecule has 1 amide bonds. The Morgan fingerprint density at radius 1 is 0.800 bits per heavy atom. The van der Waals surface area contributed by atoms with Gasteiger partial charge in [0.2, 0.25) is 5.91 Å². The number of rotatable bonds is 7. The molecule has 0 aliphatic rings. The van der Waals surface area contributed by atoms with E-state index in [9.17, 15) is 4.79 Å². The first-order chi connectivity index (χ1) is 12.3. The van der Waals surface area contributed by atoms with Crippen LogP contribution in [0.15, 0.2) is 89.8 Å². The molecule has 0 atom stereocenters. The summed E-state index contributed by atoms with van der Waals surface area (Å²) in [6, 6.07) is 28.4. The molecule has 0 aliphatic heterocycles.